The molecule has 0 aliphatic carbocycles. The van der Waals surface area contributed by atoms with Gasteiger partial charge >= 0.3 is 0 Å². The predicted octanol–water partition coefficient (Wildman–Crippen LogP) is 5.32. The molecule has 1 atom stereocenters. The molecule has 0 heterocycles. The number of rotatable bonds is 8. The first kappa shape index (κ1) is 20.9. The second-order valence-electron chi connectivity index (χ2n) is 7.25. The fourth-order valence-electron chi connectivity index (χ4n) is 3.58. The molecule has 27 heavy (non-hydrogen) atoms. The molecule has 0 aliphatic heterocycles. The minimum Gasteiger partial charge on any atom is -0.493 e. The van der Waals surface area contributed by atoms with Crippen molar-refractivity contribution < 1.29 is 18.9 Å². The monoisotopic (exact) mass is 372 g/mol. The molecule has 4 nitrogen and oxygen atoms in total. The molecule has 0 aliphatic rings. The molecule has 0 radical (unpaired) electrons. The predicted molar refractivity (Wildman–Crippen MR) is 110 cm³/mol. The molecule has 0 aromatic heterocycles. The van der Waals surface area contributed by atoms with Crippen LogP contribution in [0.1, 0.15) is 42.0 Å². The molecule has 0 saturated carbocycles. The Bertz CT molecular complexity index is 780. The Hall–Kier alpha value is -2.36. The summed E-state index contributed by atoms with van der Waals surface area (Å²) >= 11 is 0. The molecule has 0 bridgehead atoms. The van der Waals surface area contributed by atoms with Crippen LogP contribution in [-0.4, -0.2) is 28.4 Å². The van der Waals surface area contributed by atoms with E-state index in [1.165, 1.54) is 22.3 Å². The highest BCUT2D eigenvalue weighted by molar-refractivity contribution is 5.50. The Balaban J connectivity index is 2.48. The lowest BCUT2D eigenvalue weighted by Gasteiger charge is -2.26. The summed E-state index contributed by atoms with van der Waals surface area (Å²) in [7, 11) is 6.69. The molecule has 0 saturated heterocycles. The summed E-state index contributed by atoms with van der Waals surface area (Å²) in [6.45, 7) is 8.78. The van der Waals surface area contributed by atoms with Crippen LogP contribution in [0, 0.1) is 19.8 Å². The quantitative estimate of drug-likeness (QED) is 0.628. The Labute approximate surface area is 163 Å². The van der Waals surface area contributed by atoms with Crippen molar-refractivity contribution >= 4 is 0 Å². The zero-order valence-electron chi connectivity index (χ0n) is 17.8. The van der Waals surface area contributed by atoms with Crippen molar-refractivity contribution in [2.45, 2.75) is 40.0 Å². The smallest absolute Gasteiger partial charge is 0.161 e. The van der Waals surface area contributed by atoms with Gasteiger partial charge in [0.25, 0.3) is 0 Å². The van der Waals surface area contributed by atoms with Gasteiger partial charge < -0.3 is 18.9 Å². The lowest BCUT2D eigenvalue weighted by atomic mass is 9.80. The van der Waals surface area contributed by atoms with Crippen LogP contribution in [0.4, 0.5) is 0 Å². The number of aryl methyl sites for hydroxylation is 2. The van der Waals surface area contributed by atoms with Crippen LogP contribution < -0.4 is 18.9 Å². The van der Waals surface area contributed by atoms with Gasteiger partial charge in [-0.1, -0.05) is 13.8 Å². The minimum atomic E-state index is 0.349. The highest BCUT2D eigenvalue weighted by Crippen LogP contribution is 2.39. The number of hydrogen-bond acceptors (Lipinski definition) is 4. The van der Waals surface area contributed by atoms with Crippen LogP contribution in [0.3, 0.4) is 0 Å². The van der Waals surface area contributed by atoms with Crippen molar-refractivity contribution in [3.05, 3.63) is 46.5 Å². The van der Waals surface area contributed by atoms with Crippen molar-refractivity contribution in [3.63, 3.8) is 0 Å². The summed E-state index contributed by atoms with van der Waals surface area (Å²) in [4.78, 5) is 0. The van der Waals surface area contributed by atoms with Crippen molar-refractivity contribution in [2.24, 2.45) is 5.92 Å². The number of benzene rings is 2. The van der Waals surface area contributed by atoms with E-state index < -0.39 is 0 Å². The maximum atomic E-state index is 5.54. The van der Waals surface area contributed by atoms with Crippen molar-refractivity contribution in [3.8, 4) is 23.0 Å². The maximum absolute atomic E-state index is 5.54. The topological polar surface area (TPSA) is 36.9 Å². The second-order valence-corrected chi connectivity index (χ2v) is 7.25. The van der Waals surface area contributed by atoms with Gasteiger partial charge in [-0.25, -0.2) is 0 Å². The van der Waals surface area contributed by atoms with E-state index in [2.05, 4.69) is 45.9 Å². The molecule has 148 valence electrons. The van der Waals surface area contributed by atoms with E-state index >= 15 is 0 Å². The first-order chi connectivity index (χ1) is 12.9. The van der Waals surface area contributed by atoms with Gasteiger partial charge in [0.2, 0.25) is 0 Å². The Morgan fingerprint density at radius 3 is 1.59 bits per heavy atom. The van der Waals surface area contributed by atoms with Gasteiger partial charge in [-0.05, 0) is 78.6 Å². The standard InChI is InChI=1S/C23H32O4/c1-14(2)18(19-13-23(27-8)21(25-6)10-16(19)4)11-17-12-22(26-7)20(24-5)9-15(17)3/h9-10,12-14,18H,11H2,1-8H3. The van der Waals surface area contributed by atoms with E-state index in [0.29, 0.717) is 11.8 Å². The third kappa shape index (κ3) is 4.49. The number of methoxy groups -OCH3 is 4. The highest BCUT2D eigenvalue weighted by Gasteiger charge is 2.22. The van der Waals surface area contributed by atoms with Crippen LogP contribution in [0.25, 0.3) is 0 Å². The van der Waals surface area contributed by atoms with Crippen LogP contribution in [0.5, 0.6) is 23.0 Å². The molecule has 2 aromatic carbocycles. The van der Waals surface area contributed by atoms with Crippen molar-refractivity contribution in [1.29, 1.82) is 0 Å². The van der Waals surface area contributed by atoms with Crippen molar-refractivity contribution in [1.82, 2.24) is 0 Å². The van der Waals surface area contributed by atoms with Gasteiger partial charge in [-0.15, -0.1) is 0 Å². The molecular formula is C23H32O4. The molecule has 0 amide bonds. The van der Waals surface area contributed by atoms with Crippen LogP contribution in [-0.2, 0) is 6.42 Å². The third-order valence-electron chi connectivity index (χ3n) is 5.26. The van der Waals surface area contributed by atoms with E-state index in [1.54, 1.807) is 28.4 Å². The molecule has 2 aromatic rings. The molecular weight excluding hydrogens is 340 g/mol. The highest BCUT2D eigenvalue weighted by atomic mass is 16.5. The SMILES string of the molecule is COc1cc(C)c(CC(c2cc(OC)c(OC)cc2C)C(C)C)cc1OC. The first-order valence-electron chi connectivity index (χ1n) is 9.30. The first-order valence-corrected chi connectivity index (χ1v) is 9.30. The lowest BCUT2D eigenvalue weighted by Crippen LogP contribution is -2.13. The molecule has 0 fully saturated rings. The fraction of sp³-hybridized carbons (Fsp3) is 0.478. The van der Waals surface area contributed by atoms with E-state index in [-0.39, 0.29) is 0 Å². The van der Waals surface area contributed by atoms with Gasteiger partial charge in [0.15, 0.2) is 23.0 Å². The van der Waals surface area contributed by atoms with Gasteiger partial charge in [-0.2, -0.15) is 0 Å². The van der Waals surface area contributed by atoms with Crippen molar-refractivity contribution in [2.75, 3.05) is 28.4 Å². The summed E-state index contributed by atoms with van der Waals surface area (Å²) in [6.07, 6.45) is 0.917. The Morgan fingerprint density at radius 1 is 0.667 bits per heavy atom. The van der Waals surface area contributed by atoms with E-state index in [9.17, 15) is 0 Å². The Morgan fingerprint density at radius 2 is 1.11 bits per heavy atom. The minimum absolute atomic E-state index is 0.349. The number of hydrogen-bond donors (Lipinski definition) is 0. The van der Waals surface area contributed by atoms with Gasteiger partial charge in [0, 0.05) is 0 Å². The molecule has 4 heteroatoms. The maximum Gasteiger partial charge on any atom is 0.161 e. The summed E-state index contributed by atoms with van der Waals surface area (Å²) in [6, 6.07) is 8.33. The summed E-state index contributed by atoms with van der Waals surface area (Å²) < 4.78 is 21.9. The van der Waals surface area contributed by atoms with E-state index in [1.807, 2.05) is 6.07 Å². The average Bonchev–Trinajstić information content (AvgIpc) is 2.66. The number of ether oxygens (including phenoxy) is 4. The third-order valence-corrected chi connectivity index (χ3v) is 5.26. The van der Waals surface area contributed by atoms with Gasteiger partial charge in [0.05, 0.1) is 28.4 Å². The fourth-order valence-corrected chi connectivity index (χ4v) is 3.58. The van der Waals surface area contributed by atoms with Gasteiger partial charge in [0.1, 0.15) is 0 Å². The molecule has 0 spiro atoms. The normalized spacial score (nSPS) is 12.0. The van der Waals surface area contributed by atoms with E-state index in [4.69, 9.17) is 18.9 Å². The zero-order valence-corrected chi connectivity index (χ0v) is 17.8. The summed E-state index contributed by atoms with van der Waals surface area (Å²) in [5.74, 6) is 3.89. The average molecular weight is 373 g/mol. The molecule has 1 unspecified atom stereocenters. The van der Waals surface area contributed by atoms with Gasteiger partial charge in [-0.3, -0.25) is 0 Å². The zero-order chi connectivity index (χ0) is 20.1. The second kappa shape index (κ2) is 9.03. The molecule has 0 N–H and O–H groups in total. The van der Waals surface area contributed by atoms with Crippen LogP contribution >= 0.6 is 0 Å². The Kier molecular flexibility index (Phi) is 7.00. The summed E-state index contributed by atoms with van der Waals surface area (Å²) in [5.41, 5.74) is 4.97. The van der Waals surface area contributed by atoms with Crippen LogP contribution in [0.2, 0.25) is 0 Å². The largest absolute Gasteiger partial charge is 0.493 e. The van der Waals surface area contributed by atoms with Crippen LogP contribution in [0.15, 0.2) is 24.3 Å². The molecule has 2 rings (SSSR count). The van der Waals surface area contributed by atoms with E-state index in [0.717, 1.165) is 29.4 Å². The summed E-state index contributed by atoms with van der Waals surface area (Å²) in [5, 5.41) is 0. The lowest BCUT2D eigenvalue weighted by molar-refractivity contribution is 0.352.